The maximum atomic E-state index is 12.2. The van der Waals surface area contributed by atoms with Gasteiger partial charge in [0.15, 0.2) is 0 Å². The molecule has 0 aliphatic carbocycles. The molecule has 2 unspecified atom stereocenters. The molecule has 1 aliphatic heterocycles. The van der Waals surface area contributed by atoms with Crippen molar-refractivity contribution in [3.8, 4) is 0 Å². The fraction of sp³-hybridized carbons (Fsp3) is 0.412. The number of carbonyl (C=O) groups excluding carboxylic acids is 3. The van der Waals surface area contributed by atoms with Crippen molar-refractivity contribution in [3.05, 3.63) is 35.4 Å². The fourth-order valence-electron chi connectivity index (χ4n) is 2.46. The number of benzene rings is 1. The van der Waals surface area contributed by atoms with Crippen molar-refractivity contribution >= 4 is 23.7 Å². The molecule has 1 aromatic carbocycles. The monoisotopic (exact) mass is 332 g/mol. The molecule has 1 aliphatic rings. The summed E-state index contributed by atoms with van der Waals surface area (Å²) in [5.41, 5.74) is -0.151. The van der Waals surface area contributed by atoms with Crippen LogP contribution in [0.1, 0.15) is 42.6 Å². The Hall–Kier alpha value is -2.70. The lowest BCUT2D eigenvalue weighted by Gasteiger charge is -2.24. The number of hydrogen-bond acceptors (Lipinski definition) is 4. The van der Waals surface area contributed by atoms with Gasteiger partial charge in [0.1, 0.15) is 5.54 Å². The molecule has 1 saturated heterocycles. The van der Waals surface area contributed by atoms with Gasteiger partial charge in [-0.15, -0.1) is 0 Å². The number of carboxylic acids is 1. The minimum Gasteiger partial charge on any atom is -0.480 e. The van der Waals surface area contributed by atoms with Crippen LogP contribution in [0.5, 0.6) is 0 Å². The van der Waals surface area contributed by atoms with Crippen molar-refractivity contribution in [1.29, 1.82) is 0 Å². The molecule has 0 saturated carbocycles. The van der Waals surface area contributed by atoms with Crippen LogP contribution in [0.25, 0.3) is 0 Å². The van der Waals surface area contributed by atoms with Crippen LogP contribution in [0.3, 0.4) is 0 Å². The third-order valence-corrected chi connectivity index (χ3v) is 4.33. The van der Waals surface area contributed by atoms with Gasteiger partial charge in [-0.1, -0.05) is 19.1 Å². The van der Waals surface area contributed by atoms with Gasteiger partial charge >= 0.3 is 5.97 Å². The van der Waals surface area contributed by atoms with E-state index in [0.29, 0.717) is 12.0 Å². The Morgan fingerprint density at radius 1 is 1.29 bits per heavy atom. The molecular weight excluding hydrogens is 312 g/mol. The minimum atomic E-state index is -1.32. The zero-order valence-electron chi connectivity index (χ0n) is 13.6. The summed E-state index contributed by atoms with van der Waals surface area (Å²) >= 11 is 0. The zero-order chi connectivity index (χ0) is 17.9. The van der Waals surface area contributed by atoms with Crippen molar-refractivity contribution in [1.82, 2.24) is 10.6 Å². The van der Waals surface area contributed by atoms with Crippen LogP contribution in [0.15, 0.2) is 24.3 Å². The molecule has 0 spiro atoms. The lowest BCUT2D eigenvalue weighted by molar-refractivity contribution is -0.143. The van der Waals surface area contributed by atoms with Crippen LogP contribution in [-0.4, -0.2) is 34.3 Å². The van der Waals surface area contributed by atoms with E-state index < -0.39 is 17.4 Å². The van der Waals surface area contributed by atoms with Gasteiger partial charge in [-0.2, -0.15) is 0 Å². The van der Waals surface area contributed by atoms with Gasteiger partial charge in [-0.3, -0.25) is 19.7 Å². The second-order valence-corrected chi connectivity index (χ2v) is 6.16. The second-order valence-electron chi connectivity index (χ2n) is 6.16. The van der Waals surface area contributed by atoms with Crippen LogP contribution < -0.4 is 10.6 Å². The Balaban J connectivity index is 2.03. The SMILES string of the molecule is CCC(C)(NC(=O)c1ccc(CC2CC(=O)NC2=O)cc1)C(=O)O. The molecule has 1 fully saturated rings. The molecule has 0 bridgehead atoms. The van der Waals surface area contributed by atoms with Gasteiger partial charge in [-0.25, -0.2) is 4.79 Å². The van der Waals surface area contributed by atoms with Gasteiger partial charge in [0.2, 0.25) is 11.8 Å². The first-order valence-electron chi connectivity index (χ1n) is 7.73. The summed E-state index contributed by atoms with van der Waals surface area (Å²) in [5, 5.41) is 14.0. The summed E-state index contributed by atoms with van der Waals surface area (Å²) in [7, 11) is 0. The first-order chi connectivity index (χ1) is 11.2. The topological polar surface area (TPSA) is 113 Å². The molecule has 2 atom stereocenters. The average Bonchev–Trinajstić information content (AvgIpc) is 2.85. The first kappa shape index (κ1) is 17.7. The van der Waals surface area contributed by atoms with Crippen LogP contribution in [0, 0.1) is 5.92 Å². The van der Waals surface area contributed by atoms with Crippen molar-refractivity contribution in [2.24, 2.45) is 5.92 Å². The highest BCUT2D eigenvalue weighted by Crippen LogP contribution is 2.18. The number of amides is 3. The van der Waals surface area contributed by atoms with Crippen LogP contribution >= 0.6 is 0 Å². The summed E-state index contributed by atoms with van der Waals surface area (Å²) in [6.07, 6.45) is 0.854. The van der Waals surface area contributed by atoms with Gasteiger partial charge in [0.05, 0.1) is 5.92 Å². The van der Waals surface area contributed by atoms with Crippen molar-refractivity contribution in [2.75, 3.05) is 0 Å². The average molecular weight is 332 g/mol. The van der Waals surface area contributed by atoms with Gasteiger partial charge in [-0.05, 0) is 37.5 Å². The Labute approximate surface area is 139 Å². The zero-order valence-corrected chi connectivity index (χ0v) is 13.6. The lowest BCUT2D eigenvalue weighted by Crippen LogP contribution is -2.51. The number of aliphatic carboxylic acids is 1. The van der Waals surface area contributed by atoms with E-state index >= 15 is 0 Å². The number of hydrogen-bond donors (Lipinski definition) is 3. The summed E-state index contributed by atoms with van der Waals surface area (Å²) in [6, 6.07) is 6.57. The predicted octanol–water partition coefficient (Wildman–Crippen LogP) is 0.875. The van der Waals surface area contributed by atoms with E-state index in [1.165, 1.54) is 6.92 Å². The van der Waals surface area contributed by atoms with E-state index in [-0.39, 0.29) is 30.6 Å². The molecule has 0 radical (unpaired) electrons. The quantitative estimate of drug-likeness (QED) is 0.669. The number of carbonyl (C=O) groups is 4. The highest BCUT2D eigenvalue weighted by Gasteiger charge is 2.33. The van der Waals surface area contributed by atoms with E-state index in [9.17, 15) is 24.3 Å². The number of nitrogens with one attached hydrogen (secondary N) is 2. The molecule has 0 aromatic heterocycles. The van der Waals surface area contributed by atoms with E-state index in [0.717, 1.165) is 5.56 Å². The predicted molar refractivity (Wildman–Crippen MR) is 85.2 cm³/mol. The maximum absolute atomic E-state index is 12.2. The molecule has 3 amide bonds. The van der Waals surface area contributed by atoms with Gasteiger partial charge in [0, 0.05) is 12.0 Å². The molecule has 128 valence electrons. The van der Waals surface area contributed by atoms with Crippen LogP contribution in [-0.2, 0) is 20.8 Å². The van der Waals surface area contributed by atoms with Gasteiger partial charge in [0.25, 0.3) is 5.91 Å². The van der Waals surface area contributed by atoms with Crippen molar-refractivity contribution in [2.45, 2.75) is 38.6 Å². The Morgan fingerprint density at radius 3 is 2.38 bits per heavy atom. The van der Waals surface area contributed by atoms with Gasteiger partial charge < -0.3 is 10.4 Å². The van der Waals surface area contributed by atoms with E-state index in [2.05, 4.69) is 10.6 Å². The minimum absolute atomic E-state index is 0.175. The lowest BCUT2D eigenvalue weighted by atomic mass is 9.96. The third-order valence-electron chi connectivity index (χ3n) is 4.33. The molecule has 2 rings (SSSR count). The smallest absolute Gasteiger partial charge is 0.329 e. The standard InChI is InChI=1S/C17H20N2O5/c1-3-17(2,16(23)24)19-15(22)11-6-4-10(5-7-11)8-12-9-13(20)18-14(12)21/h4-7,12H,3,8-9H2,1-2H3,(H,19,22)(H,23,24)(H,18,20,21). The van der Waals surface area contributed by atoms with Crippen LogP contribution in [0.2, 0.25) is 0 Å². The Kier molecular flexibility index (Phi) is 5.02. The molecule has 7 heteroatoms. The second kappa shape index (κ2) is 6.82. The fourth-order valence-corrected chi connectivity index (χ4v) is 2.46. The molecule has 24 heavy (non-hydrogen) atoms. The Bertz CT molecular complexity index is 683. The molecular formula is C17H20N2O5. The summed E-state index contributed by atoms with van der Waals surface area (Å²) in [5.74, 6) is -2.49. The Morgan fingerprint density at radius 2 is 1.92 bits per heavy atom. The van der Waals surface area contributed by atoms with Crippen molar-refractivity contribution < 1.29 is 24.3 Å². The molecule has 3 N–H and O–H groups in total. The molecule has 1 heterocycles. The maximum Gasteiger partial charge on any atom is 0.329 e. The number of rotatable bonds is 6. The molecule has 7 nitrogen and oxygen atoms in total. The summed E-state index contributed by atoms with van der Waals surface area (Å²) in [4.78, 5) is 46.2. The highest BCUT2D eigenvalue weighted by molar-refractivity contribution is 6.03. The van der Waals surface area contributed by atoms with E-state index in [1.807, 2.05) is 0 Å². The largest absolute Gasteiger partial charge is 0.480 e. The first-order valence-corrected chi connectivity index (χ1v) is 7.73. The molecule has 1 aromatic rings. The summed E-state index contributed by atoms with van der Waals surface area (Å²) < 4.78 is 0. The normalized spacial score (nSPS) is 19.5. The van der Waals surface area contributed by atoms with E-state index in [1.54, 1.807) is 31.2 Å². The van der Waals surface area contributed by atoms with E-state index in [4.69, 9.17) is 0 Å². The summed E-state index contributed by atoms with van der Waals surface area (Å²) in [6.45, 7) is 3.14. The highest BCUT2D eigenvalue weighted by atomic mass is 16.4. The van der Waals surface area contributed by atoms with Crippen molar-refractivity contribution in [3.63, 3.8) is 0 Å². The van der Waals surface area contributed by atoms with Crippen LogP contribution in [0.4, 0.5) is 0 Å². The number of carboxylic acid groups (broad SMARTS) is 1. The third kappa shape index (κ3) is 3.79. The number of imide groups is 1.